The molecule has 0 radical (unpaired) electrons. The topological polar surface area (TPSA) is 29.5 Å². The zero-order chi connectivity index (χ0) is 22.5. The van der Waals surface area contributed by atoms with Gasteiger partial charge in [-0.05, 0) is 80.1 Å². The lowest BCUT2D eigenvalue weighted by Crippen LogP contribution is -2.44. The fraction of sp³-hybridized carbons (Fsp3) is 0.321. The van der Waals surface area contributed by atoms with E-state index in [9.17, 15) is 4.79 Å². The predicted molar refractivity (Wildman–Crippen MR) is 130 cm³/mol. The summed E-state index contributed by atoms with van der Waals surface area (Å²) in [4.78, 5) is 15.4. The molecule has 0 heterocycles. The highest BCUT2D eigenvalue weighted by Gasteiger charge is 2.33. The number of hydrogen-bond acceptors (Lipinski definition) is 3. The first-order valence-electron chi connectivity index (χ1n) is 11.0. The Morgan fingerprint density at radius 2 is 1.35 bits per heavy atom. The summed E-state index contributed by atoms with van der Waals surface area (Å²) in [5.41, 5.74) is 6.58. The lowest BCUT2D eigenvalue weighted by atomic mass is 9.98. The van der Waals surface area contributed by atoms with Crippen LogP contribution in [0.15, 0.2) is 72.8 Å². The van der Waals surface area contributed by atoms with Crippen molar-refractivity contribution in [2.75, 3.05) is 4.90 Å². The Hall–Kier alpha value is -3.07. The van der Waals surface area contributed by atoms with Gasteiger partial charge < -0.3 is 9.64 Å². The van der Waals surface area contributed by atoms with Crippen molar-refractivity contribution in [2.45, 2.75) is 53.7 Å². The molecule has 0 aliphatic carbocycles. The molecule has 3 nitrogen and oxygen atoms in total. The maximum Gasteiger partial charge on any atom is 0.329 e. The summed E-state index contributed by atoms with van der Waals surface area (Å²) in [7, 11) is 0. The Kier molecular flexibility index (Phi) is 7.17. The Balaban J connectivity index is 2.17. The maximum atomic E-state index is 13.2. The van der Waals surface area contributed by atoms with Gasteiger partial charge in [-0.3, -0.25) is 0 Å². The first kappa shape index (κ1) is 22.6. The quantitative estimate of drug-likeness (QED) is 0.386. The number of ether oxygens (including phenoxy) is 1. The van der Waals surface area contributed by atoms with Crippen LogP contribution in [-0.2, 0) is 9.53 Å². The van der Waals surface area contributed by atoms with Crippen LogP contribution in [0.1, 0.15) is 38.8 Å². The van der Waals surface area contributed by atoms with Crippen LogP contribution in [0.25, 0.3) is 11.1 Å². The summed E-state index contributed by atoms with van der Waals surface area (Å²) < 4.78 is 5.69. The van der Waals surface area contributed by atoms with Crippen LogP contribution in [0.3, 0.4) is 0 Å². The zero-order valence-electron chi connectivity index (χ0n) is 19.4. The summed E-state index contributed by atoms with van der Waals surface area (Å²) >= 11 is 0. The van der Waals surface area contributed by atoms with Crippen molar-refractivity contribution in [3.8, 4) is 11.1 Å². The molecule has 0 bridgehead atoms. The summed E-state index contributed by atoms with van der Waals surface area (Å²) in [6.07, 6.45) is -0.162. The first-order chi connectivity index (χ1) is 14.8. The molecule has 0 aliphatic heterocycles. The molecule has 0 saturated heterocycles. The molecule has 31 heavy (non-hydrogen) atoms. The molecule has 3 heteroatoms. The third kappa shape index (κ3) is 5.55. The van der Waals surface area contributed by atoms with E-state index in [1.165, 1.54) is 11.1 Å². The number of benzene rings is 3. The van der Waals surface area contributed by atoms with Crippen LogP contribution in [0, 0.1) is 19.8 Å². The standard InChI is InChI=1S/C28H33NO2/c1-19(2)27(28(30)31-20(3)4)29(26-16-21(5)15-22(6)17-26)25-14-10-13-24(18-25)23-11-8-7-9-12-23/h7-20,27H,1-6H3. The first-order valence-corrected chi connectivity index (χ1v) is 11.0. The van der Waals surface area contributed by atoms with Crippen molar-refractivity contribution in [3.63, 3.8) is 0 Å². The van der Waals surface area contributed by atoms with Crippen LogP contribution >= 0.6 is 0 Å². The fourth-order valence-electron chi connectivity index (χ4n) is 4.00. The molecule has 3 aromatic carbocycles. The highest BCUT2D eigenvalue weighted by atomic mass is 16.5. The molecule has 0 N–H and O–H groups in total. The summed E-state index contributed by atoms with van der Waals surface area (Å²) in [6.45, 7) is 12.1. The van der Waals surface area contributed by atoms with Crippen LogP contribution in [0.2, 0.25) is 0 Å². The molecular weight excluding hydrogens is 382 g/mol. The van der Waals surface area contributed by atoms with E-state index in [1.807, 2.05) is 32.0 Å². The van der Waals surface area contributed by atoms with Gasteiger partial charge in [-0.15, -0.1) is 0 Å². The van der Waals surface area contributed by atoms with Crippen molar-refractivity contribution >= 4 is 17.3 Å². The van der Waals surface area contributed by atoms with E-state index in [-0.39, 0.29) is 18.0 Å². The van der Waals surface area contributed by atoms with Crippen molar-refractivity contribution in [2.24, 2.45) is 5.92 Å². The van der Waals surface area contributed by atoms with E-state index in [0.29, 0.717) is 0 Å². The van der Waals surface area contributed by atoms with Gasteiger partial charge in [-0.2, -0.15) is 0 Å². The number of anilines is 2. The second-order valence-electron chi connectivity index (χ2n) is 8.81. The average molecular weight is 416 g/mol. The smallest absolute Gasteiger partial charge is 0.329 e. The molecular formula is C28H33NO2. The van der Waals surface area contributed by atoms with E-state index >= 15 is 0 Å². The lowest BCUT2D eigenvalue weighted by Gasteiger charge is -2.35. The van der Waals surface area contributed by atoms with Gasteiger partial charge in [0.05, 0.1) is 6.10 Å². The number of rotatable bonds is 7. The highest BCUT2D eigenvalue weighted by molar-refractivity contribution is 5.85. The average Bonchev–Trinajstić information content (AvgIpc) is 2.71. The van der Waals surface area contributed by atoms with E-state index in [0.717, 1.165) is 22.5 Å². The third-order valence-corrected chi connectivity index (χ3v) is 5.22. The zero-order valence-corrected chi connectivity index (χ0v) is 19.4. The van der Waals surface area contributed by atoms with Gasteiger partial charge >= 0.3 is 5.97 Å². The molecule has 0 fully saturated rings. The number of nitrogens with zero attached hydrogens (tertiary/aromatic N) is 1. The molecule has 0 spiro atoms. The molecule has 162 valence electrons. The van der Waals surface area contributed by atoms with Crippen molar-refractivity contribution in [1.82, 2.24) is 0 Å². The highest BCUT2D eigenvalue weighted by Crippen LogP contribution is 2.35. The number of hydrogen-bond donors (Lipinski definition) is 0. The Bertz CT molecular complexity index is 1000. The van der Waals surface area contributed by atoms with Gasteiger partial charge in [-0.25, -0.2) is 4.79 Å². The molecule has 3 rings (SSSR count). The van der Waals surface area contributed by atoms with Gasteiger partial charge in [0.25, 0.3) is 0 Å². The van der Waals surface area contributed by atoms with Crippen LogP contribution < -0.4 is 4.90 Å². The molecule has 0 saturated carbocycles. The third-order valence-electron chi connectivity index (χ3n) is 5.22. The second-order valence-corrected chi connectivity index (χ2v) is 8.81. The molecule has 0 aliphatic rings. The summed E-state index contributed by atoms with van der Waals surface area (Å²) in [5, 5.41) is 0. The van der Waals surface area contributed by atoms with Crippen molar-refractivity contribution in [3.05, 3.63) is 83.9 Å². The van der Waals surface area contributed by atoms with Gasteiger partial charge in [0.1, 0.15) is 6.04 Å². The Labute approximate surface area is 186 Å². The van der Waals surface area contributed by atoms with Gasteiger partial charge in [0.15, 0.2) is 0 Å². The summed E-state index contributed by atoms with van der Waals surface area (Å²) in [5.74, 6) is -0.137. The molecule has 0 amide bonds. The van der Waals surface area contributed by atoms with Crippen molar-refractivity contribution in [1.29, 1.82) is 0 Å². The lowest BCUT2D eigenvalue weighted by molar-refractivity contribution is -0.149. The van der Waals surface area contributed by atoms with E-state index in [1.54, 1.807) is 0 Å². The minimum atomic E-state index is -0.436. The van der Waals surface area contributed by atoms with E-state index in [4.69, 9.17) is 4.74 Å². The number of carbonyl (C=O) groups is 1. The van der Waals surface area contributed by atoms with Crippen LogP contribution in [-0.4, -0.2) is 18.1 Å². The largest absolute Gasteiger partial charge is 0.461 e. The summed E-state index contributed by atoms with van der Waals surface area (Å²) in [6, 6.07) is 24.7. The van der Waals surface area contributed by atoms with Gasteiger partial charge in [-0.1, -0.05) is 62.4 Å². The monoisotopic (exact) mass is 415 g/mol. The van der Waals surface area contributed by atoms with Gasteiger partial charge in [0, 0.05) is 11.4 Å². The molecule has 1 atom stereocenters. The van der Waals surface area contributed by atoms with E-state index in [2.05, 4.69) is 87.2 Å². The second kappa shape index (κ2) is 9.82. The predicted octanol–water partition coefficient (Wildman–Crippen LogP) is 7.08. The maximum absolute atomic E-state index is 13.2. The number of esters is 1. The minimum absolute atomic E-state index is 0.0625. The van der Waals surface area contributed by atoms with E-state index < -0.39 is 6.04 Å². The van der Waals surface area contributed by atoms with Crippen LogP contribution in [0.5, 0.6) is 0 Å². The molecule has 3 aromatic rings. The molecule has 1 unspecified atom stereocenters. The Morgan fingerprint density at radius 1 is 0.742 bits per heavy atom. The van der Waals surface area contributed by atoms with Crippen LogP contribution in [0.4, 0.5) is 11.4 Å². The Morgan fingerprint density at radius 3 is 1.94 bits per heavy atom. The normalized spacial score (nSPS) is 12.1. The number of aryl methyl sites for hydroxylation is 2. The van der Waals surface area contributed by atoms with Crippen molar-refractivity contribution < 1.29 is 9.53 Å². The fourth-order valence-corrected chi connectivity index (χ4v) is 4.00. The minimum Gasteiger partial charge on any atom is -0.461 e. The molecule has 0 aromatic heterocycles. The SMILES string of the molecule is Cc1cc(C)cc(N(c2cccc(-c3ccccc3)c2)C(C(=O)OC(C)C)C(C)C)c1. The van der Waals surface area contributed by atoms with Gasteiger partial charge in [0.2, 0.25) is 0 Å². The number of carbonyl (C=O) groups excluding carboxylic acids is 1.